The molecule has 192 valence electrons. The van der Waals surface area contributed by atoms with Crippen molar-refractivity contribution < 1.29 is 27.5 Å². The van der Waals surface area contributed by atoms with Crippen molar-refractivity contribution in [1.29, 1.82) is 0 Å². The van der Waals surface area contributed by atoms with Crippen LogP contribution in [0.4, 0.5) is 4.79 Å². The molecule has 10 heteroatoms. The van der Waals surface area contributed by atoms with Crippen LogP contribution in [0.2, 0.25) is 0 Å². The minimum absolute atomic E-state index is 0.132. The van der Waals surface area contributed by atoms with Crippen LogP contribution in [0, 0.1) is 0 Å². The second-order valence-electron chi connectivity index (χ2n) is 9.30. The fraction of sp³-hybridized carbons (Fsp3) is 0.440. The number of carbonyl (C=O) groups is 2. The molecule has 0 heterocycles. The summed E-state index contributed by atoms with van der Waals surface area (Å²) in [6, 6.07) is 9.39. The second kappa shape index (κ2) is 11.4. The first-order valence-corrected chi connectivity index (χ1v) is 12.8. The Kier molecular flexibility index (Phi) is 9.14. The highest BCUT2D eigenvalue weighted by atomic mass is 32.2. The van der Waals surface area contributed by atoms with Gasteiger partial charge in [-0.3, -0.25) is 4.79 Å². The summed E-state index contributed by atoms with van der Waals surface area (Å²) < 4.78 is 38.5. The molecular formula is C25H35N3O6S. The number of amides is 3. The molecule has 0 atom stereocenters. The molecule has 9 nitrogen and oxygen atoms in total. The summed E-state index contributed by atoms with van der Waals surface area (Å²) in [5.41, 5.74) is 1.95. The number of ether oxygens (including phenoxy) is 2. The number of methoxy groups -OCH3 is 1. The molecule has 0 fully saturated rings. The van der Waals surface area contributed by atoms with Gasteiger partial charge in [0.25, 0.3) is 15.9 Å². The van der Waals surface area contributed by atoms with E-state index >= 15 is 0 Å². The molecular weight excluding hydrogens is 470 g/mol. The summed E-state index contributed by atoms with van der Waals surface area (Å²) in [7, 11) is -1.34. The molecule has 0 saturated heterocycles. The molecule has 0 saturated carbocycles. The Morgan fingerprint density at radius 3 is 2.26 bits per heavy atom. The van der Waals surface area contributed by atoms with E-state index in [2.05, 4.69) is 31.4 Å². The van der Waals surface area contributed by atoms with E-state index in [4.69, 9.17) is 9.47 Å². The minimum Gasteiger partial charge on any atom is -0.496 e. The minimum atomic E-state index is -4.17. The molecule has 2 aromatic carbocycles. The third-order valence-electron chi connectivity index (χ3n) is 5.12. The monoisotopic (exact) mass is 505 g/mol. The van der Waals surface area contributed by atoms with Crippen LogP contribution in [0.5, 0.6) is 11.5 Å². The van der Waals surface area contributed by atoms with Crippen molar-refractivity contribution in [2.45, 2.75) is 57.5 Å². The number of rotatable bonds is 9. The molecule has 3 N–H and O–H groups in total. The summed E-state index contributed by atoms with van der Waals surface area (Å²) in [5, 5.41) is 5.09. The van der Waals surface area contributed by atoms with Gasteiger partial charge >= 0.3 is 6.03 Å². The van der Waals surface area contributed by atoms with Gasteiger partial charge in [-0.1, -0.05) is 32.9 Å². The highest BCUT2D eigenvalue weighted by molar-refractivity contribution is 7.90. The lowest BCUT2D eigenvalue weighted by Crippen LogP contribution is -2.37. The highest BCUT2D eigenvalue weighted by Crippen LogP contribution is 2.28. The van der Waals surface area contributed by atoms with Crippen molar-refractivity contribution in [1.82, 2.24) is 15.4 Å². The summed E-state index contributed by atoms with van der Waals surface area (Å²) in [6.45, 7) is 9.99. The molecule has 0 bridgehead atoms. The first-order chi connectivity index (χ1) is 16.3. The van der Waals surface area contributed by atoms with Crippen LogP contribution in [0.15, 0.2) is 41.3 Å². The van der Waals surface area contributed by atoms with E-state index in [0.717, 1.165) is 5.56 Å². The highest BCUT2D eigenvalue weighted by Gasteiger charge is 2.23. The summed E-state index contributed by atoms with van der Waals surface area (Å²) in [4.78, 5) is 24.4. The average molecular weight is 506 g/mol. The Bertz CT molecular complexity index is 1170. The number of carbonyl (C=O) groups excluding carboxylic acids is 2. The van der Waals surface area contributed by atoms with E-state index in [1.54, 1.807) is 32.0 Å². The zero-order chi connectivity index (χ0) is 26.4. The van der Waals surface area contributed by atoms with E-state index in [-0.39, 0.29) is 34.6 Å². The number of urea groups is 1. The lowest BCUT2D eigenvalue weighted by atomic mass is 9.86. The first kappa shape index (κ1) is 28.0. The van der Waals surface area contributed by atoms with Crippen LogP contribution in [-0.2, 0) is 21.9 Å². The first-order valence-electron chi connectivity index (χ1n) is 11.3. The fourth-order valence-corrected chi connectivity index (χ4v) is 4.41. The third-order valence-corrected chi connectivity index (χ3v) is 6.48. The number of nitrogens with one attached hydrogen (secondary N) is 3. The number of hydrogen-bond donors (Lipinski definition) is 3. The average Bonchev–Trinajstić information content (AvgIpc) is 2.77. The zero-order valence-electron chi connectivity index (χ0n) is 21.3. The van der Waals surface area contributed by atoms with Crippen LogP contribution < -0.4 is 24.8 Å². The Balaban J connectivity index is 2.23. The van der Waals surface area contributed by atoms with Crippen molar-refractivity contribution in [2.75, 3.05) is 20.7 Å². The number of benzene rings is 2. The van der Waals surface area contributed by atoms with Crippen LogP contribution >= 0.6 is 0 Å². The Labute approximate surface area is 207 Å². The molecule has 3 amide bonds. The predicted molar refractivity (Wildman–Crippen MR) is 135 cm³/mol. The van der Waals surface area contributed by atoms with Crippen LogP contribution in [0.3, 0.4) is 0 Å². The third kappa shape index (κ3) is 7.61. The lowest BCUT2D eigenvalue weighted by molar-refractivity contribution is 0.0951. The molecule has 0 aromatic heterocycles. The van der Waals surface area contributed by atoms with Gasteiger partial charge in [-0.15, -0.1) is 0 Å². The Morgan fingerprint density at radius 2 is 1.69 bits per heavy atom. The largest absolute Gasteiger partial charge is 0.496 e. The van der Waals surface area contributed by atoms with Gasteiger partial charge in [-0.25, -0.2) is 17.9 Å². The summed E-state index contributed by atoms with van der Waals surface area (Å²) in [6.07, 6.45) is 0.0882. The van der Waals surface area contributed by atoms with Crippen LogP contribution in [0.1, 0.15) is 56.1 Å². The van der Waals surface area contributed by atoms with Gasteiger partial charge in [0.2, 0.25) is 0 Å². The Hall–Kier alpha value is -3.27. The van der Waals surface area contributed by atoms with Crippen molar-refractivity contribution >= 4 is 22.0 Å². The van der Waals surface area contributed by atoms with Gasteiger partial charge in [0.15, 0.2) is 0 Å². The summed E-state index contributed by atoms with van der Waals surface area (Å²) in [5.74, 6) is 0.314. The molecule has 2 aromatic rings. The zero-order valence-corrected chi connectivity index (χ0v) is 22.1. The van der Waals surface area contributed by atoms with Crippen molar-refractivity contribution in [3.63, 3.8) is 0 Å². The van der Waals surface area contributed by atoms with E-state index in [9.17, 15) is 18.0 Å². The molecule has 0 unspecified atom stereocenters. The van der Waals surface area contributed by atoms with Gasteiger partial charge in [0.1, 0.15) is 16.4 Å². The topological polar surface area (TPSA) is 123 Å². The van der Waals surface area contributed by atoms with Crippen molar-refractivity contribution in [3.8, 4) is 11.5 Å². The van der Waals surface area contributed by atoms with Gasteiger partial charge < -0.3 is 20.1 Å². The number of sulfonamides is 1. The fourth-order valence-electron chi connectivity index (χ4n) is 3.26. The van der Waals surface area contributed by atoms with E-state index in [1.165, 1.54) is 20.2 Å². The molecule has 2 rings (SSSR count). The predicted octanol–water partition coefficient (Wildman–Crippen LogP) is 3.37. The van der Waals surface area contributed by atoms with Gasteiger partial charge in [-0.05, 0) is 61.1 Å². The van der Waals surface area contributed by atoms with Gasteiger partial charge in [0.05, 0.1) is 18.8 Å². The molecule has 0 aliphatic rings. The summed E-state index contributed by atoms with van der Waals surface area (Å²) >= 11 is 0. The van der Waals surface area contributed by atoms with E-state index in [1.807, 2.05) is 16.9 Å². The maximum Gasteiger partial charge on any atom is 0.328 e. The quantitative estimate of drug-likeness (QED) is 0.480. The number of hydrogen-bond acceptors (Lipinski definition) is 6. The SMILES string of the molecule is CNC(=O)NS(=O)(=O)c1cc(CCNC(=O)c2cc(C(C)(C)C)ccc2OC)ccc1OC(C)C. The maximum absolute atomic E-state index is 12.9. The molecule has 0 spiro atoms. The molecule has 35 heavy (non-hydrogen) atoms. The normalized spacial score (nSPS) is 11.7. The van der Waals surface area contributed by atoms with Crippen molar-refractivity contribution in [3.05, 3.63) is 53.1 Å². The van der Waals surface area contributed by atoms with Gasteiger partial charge in [0, 0.05) is 13.6 Å². The Morgan fingerprint density at radius 1 is 1.03 bits per heavy atom. The van der Waals surface area contributed by atoms with Crippen LogP contribution in [-0.4, -0.2) is 47.2 Å². The second-order valence-corrected chi connectivity index (χ2v) is 11.0. The smallest absolute Gasteiger partial charge is 0.328 e. The molecule has 0 radical (unpaired) electrons. The molecule has 0 aliphatic carbocycles. The van der Waals surface area contributed by atoms with Gasteiger partial charge in [-0.2, -0.15) is 0 Å². The van der Waals surface area contributed by atoms with Crippen molar-refractivity contribution in [2.24, 2.45) is 0 Å². The molecule has 0 aliphatic heterocycles. The van der Waals surface area contributed by atoms with Crippen LogP contribution in [0.25, 0.3) is 0 Å². The van der Waals surface area contributed by atoms with E-state index < -0.39 is 16.1 Å². The maximum atomic E-state index is 12.9. The van der Waals surface area contributed by atoms with E-state index in [0.29, 0.717) is 23.3 Å². The standard InChI is InChI=1S/C25H35N3O6S/c1-16(2)34-21-10-8-17(14-22(21)35(31,32)28-24(30)26-6)12-13-27-23(29)19-15-18(25(3,4)5)9-11-20(19)33-7/h8-11,14-16H,12-13H2,1-7H3,(H,27,29)(H2,26,28,30). The lowest BCUT2D eigenvalue weighted by Gasteiger charge is -2.21.